The van der Waals surface area contributed by atoms with Gasteiger partial charge in [0.15, 0.2) is 0 Å². The monoisotopic (exact) mass is 405 g/mol. The molecule has 0 aliphatic heterocycles. The Morgan fingerprint density at radius 3 is 2.75 bits per heavy atom. The zero-order valence-corrected chi connectivity index (χ0v) is 17.0. The third-order valence-corrected chi connectivity index (χ3v) is 5.32. The van der Waals surface area contributed by atoms with Crippen LogP contribution in [0.15, 0.2) is 24.7 Å². The number of thiophene rings is 1. The highest BCUT2D eigenvalue weighted by Crippen LogP contribution is 2.37. The normalized spacial score (nSPS) is 13.1. The molecular formula is C19H24FN5O2S. The number of aromatic nitrogens is 3. The summed E-state index contributed by atoms with van der Waals surface area (Å²) >= 11 is 1.50. The highest BCUT2D eigenvalue weighted by Gasteiger charge is 2.27. The Morgan fingerprint density at radius 1 is 1.39 bits per heavy atom. The summed E-state index contributed by atoms with van der Waals surface area (Å²) in [6.45, 7) is 6.40. The molecule has 0 unspecified atom stereocenters. The second-order valence-electron chi connectivity index (χ2n) is 7.49. The molecule has 0 radical (unpaired) electrons. The number of halogens is 1. The molecule has 1 amide bonds. The Morgan fingerprint density at radius 2 is 2.14 bits per heavy atom. The first-order valence-electron chi connectivity index (χ1n) is 8.99. The topological polar surface area (TPSA) is 103 Å². The van der Waals surface area contributed by atoms with Crippen molar-refractivity contribution in [3.8, 4) is 10.4 Å². The maximum absolute atomic E-state index is 14.0. The summed E-state index contributed by atoms with van der Waals surface area (Å²) in [5.41, 5.74) is 0.402. The van der Waals surface area contributed by atoms with Crippen LogP contribution in [0, 0.1) is 0 Å². The lowest BCUT2D eigenvalue weighted by Gasteiger charge is -2.23. The molecule has 1 atom stereocenters. The number of anilines is 1. The van der Waals surface area contributed by atoms with Gasteiger partial charge >= 0.3 is 0 Å². The Kier molecular flexibility index (Phi) is 5.66. The largest absolute Gasteiger partial charge is 0.387 e. The van der Waals surface area contributed by atoms with Crippen LogP contribution in [0.1, 0.15) is 38.1 Å². The first-order valence-corrected chi connectivity index (χ1v) is 9.81. The number of H-pyrrole nitrogens is 1. The van der Waals surface area contributed by atoms with Crippen molar-refractivity contribution in [3.05, 3.63) is 30.2 Å². The van der Waals surface area contributed by atoms with Gasteiger partial charge in [-0.3, -0.25) is 9.89 Å². The van der Waals surface area contributed by atoms with Crippen molar-refractivity contribution in [2.24, 2.45) is 0 Å². The van der Waals surface area contributed by atoms with Crippen LogP contribution >= 0.6 is 11.3 Å². The number of aromatic amines is 1. The van der Waals surface area contributed by atoms with E-state index >= 15 is 0 Å². The highest BCUT2D eigenvalue weighted by atomic mass is 32.1. The van der Waals surface area contributed by atoms with E-state index in [2.05, 4.69) is 25.8 Å². The number of fused-ring (bicyclic) bond motifs is 1. The molecule has 0 saturated carbocycles. The van der Waals surface area contributed by atoms with Crippen LogP contribution in [0.3, 0.4) is 0 Å². The first-order chi connectivity index (χ1) is 13.2. The molecule has 0 bridgehead atoms. The number of alkyl halides is 1. The van der Waals surface area contributed by atoms with Crippen LogP contribution in [0.5, 0.6) is 0 Å². The predicted octanol–water partition coefficient (Wildman–Crippen LogP) is 3.35. The molecule has 150 valence electrons. The van der Waals surface area contributed by atoms with Crippen molar-refractivity contribution in [3.63, 3.8) is 0 Å². The lowest BCUT2D eigenvalue weighted by atomic mass is 10.0. The smallest absolute Gasteiger partial charge is 0.255 e. The zero-order chi connectivity index (χ0) is 20.5. The SMILES string of the molecule is CC(C)Nc1c(C(=O)NC[C@@H](F)C(C)(C)O)cnc2sc(-c3cn[nH]c3)cc12. The van der Waals surface area contributed by atoms with Crippen molar-refractivity contribution < 1.29 is 14.3 Å². The van der Waals surface area contributed by atoms with Gasteiger partial charge in [-0.1, -0.05) is 0 Å². The number of pyridine rings is 1. The second kappa shape index (κ2) is 7.84. The molecule has 28 heavy (non-hydrogen) atoms. The van der Waals surface area contributed by atoms with Gasteiger partial charge in [0.1, 0.15) is 11.0 Å². The second-order valence-corrected chi connectivity index (χ2v) is 8.52. The molecule has 4 N–H and O–H groups in total. The number of carbonyl (C=O) groups is 1. The predicted molar refractivity (Wildman–Crippen MR) is 109 cm³/mol. The van der Waals surface area contributed by atoms with Gasteiger partial charge in [0.25, 0.3) is 5.91 Å². The summed E-state index contributed by atoms with van der Waals surface area (Å²) in [5, 5.41) is 23.2. The summed E-state index contributed by atoms with van der Waals surface area (Å²) in [5.74, 6) is -0.444. The maximum atomic E-state index is 14.0. The average molecular weight is 405 g/mol. The molecule has 3 aromatic heterocycles. The van der Waals surface area contributed by atoms with Gasteiger partial charge in [0.2, 0.25) is 0 Å². The number of hydrogen-bond acceptors (Lipinski definition) is 6. The van der Waals surface area contributed by atoms with E-state index in [1.165, 1.54) is 31.4 Å². The summed E-state index contributed by atoms with van der Waals surface area (Å²) < 4.78 is 14.0. The Hall–Kier alpha value is -2.52. The van der Waals surface area contributed by atoms with Gasteiger partial charge in [-0.05, 0) is 33.8 Å². The van der Waals surface area contributed by atoms with Crippen LogP contribution in [-0.2, 0) is 0 Å². The average Bonchev–Trinajstić information content (AvgIpc) is 3.27. The van der Waals surface area contributed by atoms with Gasteiger partial charge in [0.05, 0.1) is 29.6 Å². The third kappa shape index (κ3) is 4.31. The van der Waals surface area contributed by atoms with Crippen LogP contribution < -0.4 is 10.6 Å². The van der Waals surface area contributed by atoms with Gasteiger partial charge < -0.3 is 15.7 Å². The summed E-state index contributed by atoms with van der Waals surface area (Å²) in [6.07, 6.45) is 3.44. The van der Waals surface area contributed by atoms with Gasteiger partial charge in [-0.25, -0.2) is 9.37 Å². The molecule has 3 rings (SSSR count). The lowest BCUT2D eigenvalue weighted by Crippen LogP contribution is -2.42. The molecule has 0 fully saturated rings. The molecule has 7 nitrogen and oxygen atoms in total. The lowest BCUT2D eigenvalue weighted by molar-refractivity contribution is -0.00177. The number of nitrogens with zero attached hydrogens (tertiary/aromatic N) is 2. The summed E-state index contributed by atoms with van der Waals surface area (Å²) in [4.78, 5) is 18.9. The van der Waals surface area contributed by atoms with Crippen LogP contribution in [0.4, 0.5) is 10.1 Å². The molecule has 0 spiro atoms. The van der Waals surface area contributed by atoms with Crippen LogP contribution in [0.25, 0.3) is 20.7 Å². The number of carbonyl (C=O) groups excluding carboxylic acids is 1. The maximum Gasteiger partial charge on any atom is 0.255 e. The van der Waals surface area contributed by atoms with Crippen molar-refractivity contribution >= 4 is 33.1 Å². The Bertz CT molecular complexity index is 963. The van der Waals surface area contributed by atoms with Crippen molar-refractivity contribution in [2.45, 2.75) is 45.5 Å². The van der Waals surface area contributed by atoms with E-state index in [1.54, 1.807) is 12.4 Å². The molecular weight excluding hydrogens is 381 g/mol. The highest BCUT2D eigenvalue weighted by molar-refractivity contribution is 7.21. The summed E-state index contributed by atoms with van der Waals surface area (Å²) in [7, 11) is 0. The van der Waals surface area contributed by atoms with E-state index in [0.717, 1.165) is 20.7 Å². The van der Waals surface area contributed by atoms with E-state index in [9.17, 15) is 14.3 Å². The van der Waals surface area contributed by atoms with Crippen molar-refractivity contribution in [1.29, 1.82) is 0 Å². The molecule has 0 saturated heterocycles. The van der Waals surface area contributed by atoms with E-state index < -0.39 is 17.7 Å². The fraction of sp³-hybridized carbons (Fsp3) is 0.421. The zero-order valence-electron chi connectivity index (χ0n) is 16.2. The number of hydrogen-bond donors (Lipinski definition) is 4. The van der Waals surface area contributed by atoms with E-state index in [-0.39, 0.29) is 12.6 Å². The molecule has 0 aliphatic carbocycles. The molecule has 0 aromatic carbocycles. The van der Waals surface area contributed by atoms with Crippen molar-refractivity contribution in [1.82, 2.24) is 20.5 Å². The minimum Gasteiger partial charge on any atom is -0.387 e. The number of amides is 1. The number of rotatable bonds is 7. The quantitative estimate of drug-likeness (QED) is 0.483. The first kappa shape index (κ1) is 20.2. The molecule has 3 aromatic rings. The molecule has 0 aliphatic rings. The molecule has 9 heteroatoms. The fourth-order valence-corrected chi connectivity index (χ4v) is 3.65. The van der Waals surface area contributed by atoms with Gasteiger partial charge in [-0.15, -0.1) is 11.3 Å². The fourth-order valence-electron chi connectivity index (χ4n) is 2.66. The van der Waals surface area contributed by atoms with Crippen molar-refractivity contribution in [2.75, 3.05) is 11.9 Å². The Labute approximate surface area is 166 Å². The number of aliphatic hydroxyl groups is 1. The summed E-state index contributed by atoms with van der Waals surface area (Å²) in [6, 6.07) is 2.05. The van der Waals surface area contributed by atoms with Crippen LogP contribution in [-0.4, -0.2) is 50.6 Å². The van der Waals surface area contributed by atoms with E-state index in [0.29, 0.717) is 11.3 Å². The van der Waals surface area contributed by atoms with Gasteiger partial charge in [-0.2, -0.15) is 5.10 Å². The minimum atomic E-state index is -1.58. The number of nitrogens with one attached hydrogen (secondary N) is 3. The van der Waals surface area contributed by atoms with E-state index in [4.69, 9.17) is 0 Å². The third-order valence-electron chi connectivity index (χ3n) is 4.23. The minimum absolute atomic E-state index is 0.0831. The van der Waals surface area contributed by atoms with E-state index in [1.807, 2.05) is 19.9 Å². The van der Waals surface area contributed by atoms with Gasteiger partial charge in [0, 0.05) is 34.3 Å². The Balaban J connectivity index is 1.96. The standard InChI is InChI=1S/C19H24FN5O2S/c1-10(2)25-16-12-5-14(11-6-23-24-7-11)28-18(12)22-8-13(16)17(26)21-9-15(20)19(3,4)27/h5-8,10,15,27H,9H2,1-4H3,(H,21,26)(H,22,25)(H,23,24)/t15-/m1/s1. The molecule has 3 heterocycles. The van der Waals surface area contributed by atoms with Crippen LogP contribution in [0.2, 0.25) is 0 Å².